The molecule has 1 fully saturated rings. The Balaban J connectivity index is 1.63. The van der Waals surface area contributed by atoms with Gasteiger partial charge in [0.15, 0.2) is 0 Å². The second kappa shape index (κ2) is 7.90. The number of carbonyl (C=O) groups is 2. The highest BCUT2D eigenvalue weighted by Gasteiger charge is 2.16. The zero-order valence-corrected chi connectivity index (χ0v) is 14.0. The number of hydrogen-bond donors (Lipinski definition) is 1. The van der Waals surface area contributed by atoms with Crippen LogP contribution in [0.15, 0.2) is 42.6 Å². The van der Waals surface area contributed by atoms with Gasteiger partial charge in [-0.25, -0.2) is 4.79 Å². The SMILES string of the molecule is COC(=O)c1ccc(-c2ccc(C(=O)NC[C@H]3CCCO3)cc2)nc1. The van der Waals surface area contributed by atoms with Crippen LogP contribution in [-0.4, -0.2) is 43.2 Å². The fourth-order valence-electron chi connectivity index (χ4n) is 2.71. The van der Waals surface area contributed by atoms with Gasteiger partial charge in [-0.2, -0.15) is 0 Å². The van der Waals surface area contributed by atoms with Crippen molar-refractivity contribution in [2.45, 2.75) is 18.9 Å². The highest BCUT2D eigenvalue weighted by atomic mass is 16.5. The molecule has 1 aromatic carbocycles. The molecule has 130 valence electrons. The number of carbonyl (C=O) groups excluding carboxylic acids is 2. The molecule has 0 saturated carbocycles. The third-order valence-electron chi connectivity index (χ3n) is 4.14. The fourth-order valence-corrected chi connectivity index (χ4v) is 2.71. The average Bonchev–Trinajstić information content (AvgIpc) is 3.19. The van der Waals surface area contributed by atoms with Gasteiger partial charge in [0.2, 0.25) is 0 Å². The Morgan fingerprint density at radius 3 is 2.56 bits per heavy atom. The molecule has 0 bridgehead atoms. The zero-order valence-electron chi connectivity index (χ0n) is 14.0. The molecule has 1 aliphatic rings. The molecule has 0 radical (unpaired) electrons. The van der Waals surface area contributed by atoms with E-state index in [0.29, 0.717) is 17.7 Å². The second-order valence-corrected chi connectivity index (χ2v) is 5.85. The molecule has 1 atom stereocenters. The van der Waals surface area contributed by atoms with E-state index in [0.717, 1.165) is 30.7 Å². The molecule has 3 rings (SSSR count). The summed E-state index contributed by atoms with van der Waals surface area (Å²) in [7, 11) is 1.33. The Hall–Kier alpha value is -2.73. The van der Waals surface area contributed by atoms with Crippen LogP contribution in [0.4, 0.5) is 0 Å². The van der Waals surface area contributed by atoms with E-state index in [2.05, 4.69) is 15.0 Å². The van der Waals surface area contributed by atoms with Gasteiger partial charge >= 0.3 is 5.97 Å². The van der Waals surface area contributed by atoms with E-state index in [-0.39, 0.29) is 12.0 Å². The van der Waals surface area contributed by atoms with Crippen molar-refractivity contribution in [2.75, 3.05) is 20.3 Å². The molecule has 1 N–H and O–H groups in total. The quantitative estimate of drug-likeness (QED) is 0.846. The van der Waals surface area contributed by atoms with Crippen LogP contribution in [0.25, 0.3) is 11.3 Å². The number of ether oxygens (including phenoxy) is 2. The van der Waals surface area contributed by atoms with Crippen molar-refractivity contribution in [1.82, 2.24) is 10.3 Å². The van der Waals surface area contributed by atoms with Gasteiger partial charge in [0.1, 0.15) is 0 Å². The monoisotopic (exact) mass is 340 g/mol. The van der Waals surface area contributed by atoms with Gasteiger partial charge in [-0.05, 0) is 37.1 Å². The van der Waals surface area contributed by atoms with Crippen molar-refractivity contribution in [2.24, 2.45) is 0 Å². The van der Waals surface area contributed by atoms with E-state index in [9.17, 15) is 9.59 Å². The summed E-state index contributed by atoms with van der Waals surface area (Å²) in [6.07, 6.45) is 3.65. The molecule has 1 aromatic heterocycles. The van der Waals surface area contributed by atoms with Gasteiger partial charge in [0.05, 0.1) is 24.5 Å². The number of benzene rings is 1. The summed E-state index contributed by atoms with van der Waals surface area (Å²) in [5.74, 6) is -0.534. The molecule has 0 spiro atoms. The topological polar surface area (TPSA) is 77.5 Å². The summed E-state index contributed by atoms with van der Waals surface area (Å²) in [5.41, 5.74) is 2.58. The summed E-state index contributed by atoms with van der Waals surface area (Å²) in [4.78, 5) is 27.9. The first-order chi connectivity index (χ1) is 12.2. The molecule has 25 heavy (non-hydrogen) atoms. The lowest BCUT2D eigenvalue weighted by molar-refractivity contribution is 0.0600. The number of aromatic nitrogens is 1. The minimum absolute atomic E-state index is 0.115. The lowest BCUT2D eigenvalue weighted by Gasteiger charge is -2.11. The first-order valence-electron chi connectivity index (χ1n) is 8.22. The van der Waals surface area contributed by atoms with Gasteiger partial charge in [0, 0.05) is 30.5 Å². The third-order valence-corrected chi connectivity index (χ3v) is 4.14. The smallest absolute Gasteiger partial charge is 0.339 e. The van der Waals surface area contributed by atoms with Crippen LogP contribution in [0.1, 0.15) is 33.6 Å². The van der Waals surface area contributed by atoms with Crippen LogP contribution in [0.2, 0.25) is 0 Å². The van der Waals surface area contributed by atoms with Crippen LogP contribution in [0.5, 0.6) is 0 Å². The number of nitrogens with zero attached hydrogens (tertiary/aromatic N) is 1. The fraction of sp³-hybridized carbons (Fsp3) is 0.316. The zero-order chi connectivity index (χ0) is 17.6. The minimum atomic E-state index is -0.419. The molecule has 1 amide bonds. The summed E-state index contributed by atoms with van der Waals surface area (Å²) < 4.78 is 10.1. The largest absolute Gasteiger partial charge is 0.465 e. The predicted octanol–water partition coefficient (Wildman–Crippen LogP) is 2.44. The Bertz CT molecular complexity index is 735. The standard InChI is InChI=1S/C19H20N2O4/c1-24-19(23)15-8-9-17(20-11-15)13-4-6-14(7-5-13)18(22)21-12-16-3-2-10-25-16/h4-9,11,16H,2-3,10,12H2,1H3,(H,21,22)/t16-/m1/s1. The second-order valence-electron chi connectivity index (χ2n) is 5.85. The molecular formula is C19H20N2O4. The number of esters is 1. The van der Waals surface area contributed by atoms with Crippen molar-refractivity contribution in [1.29, 1.82) is 0 Å². The van der Waals surface area contributed by atoms with Crippen LogP contribution in [-0.2, 0) is 9.47 Å². The van der Waals surface area contributed by atoms with Gasteiger partial charge in [-0.3, -0.25) is 9.78 Å². The van der Waals surface area contributed by atoms with E-state index >= 15 is 0 Å². The molecule has 0 unspecified atom stereocenters. The van der Waals surface area contributed by atoms with E-state index in [4.69, 9.17) is 4.74 Å². The van der Waals surface area contributed by atoms with E-state index in [1.54, 1.807) is 24.3 Å². The highest BCUT2D eigenvalue weighted by Crippen LogP contribution is 2.18. The number of rotatable bonds is 5. The van der Waals surface area contributed by atoms with Gasteiger partial charge in [-0.15, -0.1) is 0 Å². The maximum atomic E-state index is 12.2. The molecule has 2 aromatic rings. The molecule has 6 heteroatoms. The number of amides is 1. The van der Waals surface area contributed by atoms with E-state index in [1.165, 1.54) is 13.3 Å². The predicted molar refractivity (Wildman–Crippen MR) is 92.3 cm³/mol. The number of nitrogens with one attached hydrogen (secondary N) is 1. The molecule has 1 saturated heterocycles. The van der Waals surface area contributed by atoms with Gasteiger partial charge in [0.25, 0.3) is 5.91 Å². The molecular weight excluding hydrogens is 320 g/mol. The third kappa shape index (κ3) is 4.22. The first kappa shape index (κ1) is 17.1. The van der Waals surface area contributed by atoms with Crippen molar-refractivity contribution >= 4 is 11.9 Å². The lowest BCUT2D eigenvalue weighted by Crippen LogP contribution is -2.31. The Morgan fingerprint density at radius 2 is 1.96 bits per heavy atom. The van der Waals surface area contributed by atoms with Crippen LogP contribution < -0.4 is 5.32 Å². The van der Waals surface area contributed by atoms with Crippen LogP contribution in [0, 0.1) is 0 Å². The maximum Gasteiger partial charge on any atom is 0.339 e. The van der Waals surface area contributed by atoms with Crippen LogP contribution >= 0.6 is 0 Å². The van der Waals surface area contributed by atoms with Gasteiger partial charge < -0.3 is 14.8 Å². The van der Waals surface area contributed by atoms with Crippen molar-refractivity contribution in [3.8, 4) is 11.3 Å². The minimum Gasteiger partial charge on any atom is -0.465 e. The first-order valence-corrected chi connectivity index (χ1v) is 8.22. The summed E-state index contributed by atoms with van der Waals surface area (Å²) in [5, 5.41) is 2.90. The highest BCUT2D eigenvalue weighted by molar-refractivity contribution is 5.94. The van der Waals surface area contributed by atoms with Crippen molar-refractivity contribution in [3.63, 3.8) is 0 Å². The van der Waals surface area contributed by atoms with E-state index in [1.807, 2.05) is 12.1 Å². The van der Waals surface area contributed by atoms with Crippen molar-refractivity contribution in [3.05, 3.63) is 53.7 Å². The molecule has 6 nitrogen and oxygen atoms in total. The van der Waals surface area contributed by atoms with Crippen molar-refractivity contribution < 1.29 is 19.1 Å². The van der Waals surface area contributed by atoms with Crippen LogP contribution in [0.3, 0.4) is 0 Å². The Kier molecular flexibility index (Phi) is 5.40. The molecule has 1 aliphatic heterocycles. The summed E-state index contributed by atoms with van der Waals surface area (Å²) >= 11 is 0. The number of hydrogen-bond acceptors (Lipinski definition) is 5. The molecule has 2 heterocycles. The average molecular weight is 340 g/mol. The Labute approximate surface area is 146 Å². The Morgan fingerprint density at radius 1 is 1.20 bits per heavy atom. The summed E-state index contributed by atoms with van der Waals surface area (Å²) in [6, 6.07) is 10.6. The summed E-state index contributed by atoms with van der Waals surface area (Å²) in [6.45, 7) is 1.31. The molecule has 0 aliphatic carbocycles. The lowest BCUT2D eigenvalue weighted by atomic mass is 10.1. The number of methoxy groups -OCH3 is 1. The maximum absolute atomic E-state index is 12.2. The normalized spacial score (nSPS) is 16.4. The number of pyridine rings is 1. The van der Waals surface area contributed by atoms with Gasteiger partial charge in [-0.1, -0.05) is 12.1 Å². The van der Waals surface area contributed by atoms with E-state index < -0.39 is 5.97 Å².